The van der Waals surface area contributed by atoms with Crippen LogP contribution in [0.5, 0.6) is 0 Å². The molecule has 0 saturated carbocycles. The van der Waals surface area contributed by atoms with Gasteiger partial charge in [0.1, 0.15) is 0 Å². The lowest BCUT2D eigenvalue weighted by Crippen LogP contribution is -2.22. The van der Waals surface area contributed by atoms with Crippen molar-refractivity contribution in [2.45, 2.75) is 39.0 Å². The topological polar surface area (TPSA) is 74.6 Å². The van der Waals surface area contributed by atoms with Gasteiger partial charge in [0.2, 0.25) is 0 Å². The molecule has 1 aromatic carbocycles. The standard InChI is InChI=1S/C36H40O4/c1-3-5-7-9-11-13-15-19-30-20-17-18-22-33(30)34(28-36(39)40)32-24-23-29(25-26-35(37)38)31(27-32)21-16-14-12-10-8-6-4-2/h3-25,31-32,34H,26-28H2,1-2H3,(H,37,38)(H,39,40)/b5-3+,6-4+,9-7-,10-8-,13-11+,14-12+,19-15-,21-16-,29-25+/t31-,32+,34-/m0/s1. The molecule has 40 heavy (non-hydrogen) atoms. The van der Waals surface area contributed by atoms with Gasteiger partial charge in [-0.05, 0) is 42.9 Å². The molecular formula is C36H40O4. The van der Waals surface area contributed by atoms with Crippen molar-refractivity contribution >= 4 is 18.0 Å². The molecule has 0 saturated heterocycles. The Morgan fingerprint density at radius 1 is 0.825 bits per heavy atom. The number of carbonyl (C=O) groups is 2. The zero-order valence-electron chi connectivity index (χ0n) is 23.3. The van der Waals surface area contributed by atoms with Crippen LogP contribution in [0.4, 0.5) is 0 Å². The molecule has 1 aromatic rings. The molecule has 0 bridgehead atoms. The van der Waals surface area contributed by atoms with E-state index in [0.717, 1.165) is 16.7 Å². The molecule has 0 aliphatic heterocycles. The second-order valence-corrected chi connectivity index (χ2v) is 9.34. The first kappa shape index (κ1) is 31.8. The van der Waals surface area contributed by atoms with Gasteiger partial charge in [-0.25, -0.2) is 0 Å². The Hall–Kier alpha value is -4.44. The first-order chi connectivity index (χ1) is 19.5. The molecule has 0 fully saturated rings. The number of aliphatic carboxylic acids is 2. The number of rotatable bonds is 14. The van der Waals surface area contributed by atoms with Gasteiger partial charge in [0.05, 0.1) is 12.8 Å². The average Bonchev–Trinajstić information content (AvgIpc) is 2.94. The number of hydrogen-bond donors (Lipinski definition) is 2. The molecule has 0 aromatic heterocycles. The van der Waals surface area contributed by atoms with E-state index in [1.165, 1.54) is 0 Å². The molecule has 0 heterocycles. The lowest BCUT2D eigenvalue weighted by Gasteiger charge is -2.32. The summed E-state index contributed by atoms with van der Waals surface area (Å²) in [5, 5.41) is 19.0. The molecule has 2 N–H and O–H groups in total. The van der Waals surface area contributed by atoms with Gasteiger partial charge in [-0.2, -0.15) is 0 Å². The average molecular weight is 537 g/mol. The highest BCUT2D eigenvalue weighted by molar-refractivity contribution is 5.70. The Morgan fingerprint density at radius 2 is 1.43 bits per heavy atom. The molecule has 0 unspecified atom stereocenters. The van der Waals surface area contributed by atoms with Crippen LogP contribution < -0.4 is 0 Å². The third-order valence-electron chi connectivity index (χ3n) is 6.42. The maximum Gasteiger partial charge on any atom is 0.307 e. The van der Waals surface area contributed by atoms with E-state index in [1.54, 1.807) is 6.08 Å². The van der Waals surface area contributed by atoms with Gasteiger partial charge in [-0.15, -0.1) is 0 Å². The minimum atomic E-state index is -0.879. The molecule has 2 rings (SSSR count). The van der Waals surface area contributed by atoms with Gasteiger partial charge < -0.3 is 10.2 Å². The van der Waals surface area contributed by atoms with Crippen molar-refractivity contribution in [2.24, 2.45) is 11.8 Å². The van der Waals surface area contributed by atoms with E-state index < -0.39 is 11.9 Å². The zero-order chi connectivity index (χ0) is 29.0. The van der Waals surface area contributed by atoms with Crippen LogP contribution in [0.2, 0.25) is 0 Å². The third kappa shape index (κ3) is 12.0. The minimum Gasteiger partial charge on any atom is -0.481 e. The van der Waals surface area contributed by atoms with Crippen LogP contribution >= 0.6 is 0 Å². The van der Waals surface area contributed by atoms with Gasteiger partial charge in [-0.3, -0.25) is 9.59 Å². The molecular weight excluding hydrogens is 496 g/mol. The maximum atomic E-state index is 12.0. The summed E-state index contributed by atoms with van der Waals surface area (Å²) in [6.45, 7) is 3.92. The van der Waals surface area contributed by atoms with E-state index in [0.29, 0.717) is 6.42 Å². The maximum absolute atomic E-state index is 12.0. The summed E-state index contributed by atoms with van der Waals surface area (Å²) in [4.78, 5) is 23.2. The molecule has 208 valence electrons. The highest BCUT2D eigenvalue weighted by Gasteiger charge is 2.30. The van der Waals surface area contributed by atoms with E-state index in [-0.39, 0.29) is 30.6 Å². The summed E-state index contributed by atoms with van der Waals surface area (Å²) < 4.78 is 0. The van der Waals surface area contributed by atoms with E-state index in [2.05, 4.69) is 6.08 Å². The predicted octanol–water partition coefficient (Wildman–Crippen LogP) is 8.78. The van der Waals surface area contributed by atoms with Gasteiger partial charge in [0.25, 0.3) is 0 Å². The van der Waals surface area contributed by atoms with Crippen molar-refractivity contribution in [3.8, 4) is 0 Å². The SMILES string of the molecule is C/C=C/C=C\C=C\C=C/c1ccccc1[C@@H](CC(=O)O)[C@@H]1C=C/C(=C\CC(=O)O)[C@@H](\C=C/C=C/C=C\C=C\C)C1. The summed E-state index contributed by atoms with van der Waals surface area (Å²) in [5.41, 5.74) is 2.91. The summed E-state index contributed by atoms with van der Waals surface area (Å²) >= 11 is 0. The highest BCUT2D eigenvalue weighted by atomic mass is 16.4. The van der Waals surface area contributed by atoms with Crippen molar-refractivity contribution in [3.05, 3.63) is 150 Å². The lowest BCUT2D eigenvalue weighted by atomic mass is 9.72. The van der Waals surface area contributed by atoms with Crippen LogP contribution in [0.1, 0.15) is 50.2 Å². The minimum absolute atomic E-state index is 0.00202. The van der Waals surface area contributed by atoms with E-state index in [1.807, 2.05) is 141 Å². The van der Waals surface area contributed by atoms with Crippen molar-refractivity contribution in [1.82, 2.24) is 0 Å². The number of allylic oxidation sites excluding steroid dienone is 18. The van der Waals surface area contributed by atoms with Crippen LogP contribution in [-0.4, -0.2) is 22.2 Å². The summed E-state index contributed by atoms with van der Waals surface area (Å²) in [7, 11) is 0. The monoisotopic (exact) mass is 536 g/mol. The van der Waals surface area contributed by atoms with Crippen molar-refractivity contribution < 1.29 is 19.8 Å². The quantitative estimate of drug-likeness (QED) is 0.233. The molecule has 0 radical (unpaired) electrons. The van der Waals surface area contributed by atoms with E-state index in [4.69, 9.17) is 0 Å². The third-order valence-corrected chi connectivity index (χ3v) is 6.42. The first-order valence-corrected chi connectivity index (χ1v) is 13.6. The Bertz CT molecular complexity index is 1260. The summed E-state index contributed by atoms with van der Waals surface area (Å²) in [6, 6.07) is 7.93. The molecule has 3 atom stereocenters. The Kier molecular flexibility index (Phi) is 14.9. The fraction of sp³-hybridized carbons (Fsp3) is 0.222. The lowest BCUT2D eigenvalue weighted by molar-refractivity contribution is -0.138. The number of benzene rings is 1. The molecule has 1 aliphatic carbocycles. The predicted molar refractivity (Wildman–Crippen MR) is 167 cm³/mol. The van der Waals surface area contributed by atoms with Crippen LogP contribution in [0.25, 0.3) is 6.08 Å². The smallest absolute Gasteiger partial charge is 0.307 e. The summed E-state index contributed by atoms with van der Waals surface area (Å²) in [6.07, 6.45) is 37.8. The largest absolute Gasteiger partial charge is 0.481 e. The number of carboxylic acid groups (broad SMARTS) is 2. The van der Waals surface area contributed by atoms with Crippen LogP contribution in [0, 0.1) is 11.8 Å². The van der Waals surface area contributed by atoms with Crippen molar-refractivity contribution in [1.29, 1.82) is 0 Å². The fourth-order valence-corrected chi connectivity index (χ4v) is 4.55. The van der Waals surface area contributed by atoms with Crippen molar-refractivity contribution in [2.75, 3.05) is 0 Å². The molecule has 4 nitrogen and oxygen atoms in total. The van der Waals surface area contributed by atoms with E-state index in [9.17, 15) is 19.8 Å². The summed E-state index contributed by atoms with van der Waals surface area (Å²) in [5.74, 6) is -2.01. The second-order valence-electron chi connectivity index (χ2n) is 9.34. The second kappa shape index (κ2) is 18.8. The fourth-order valence-electron chi connectivity index (χ4n) is 4.55. The number of hydrogen-bond acceptors (Lipinski definition) is 2. The normalized spacial score (nSPS) is 20.3. The molecule has 0 spiro atoms. The molecule has 4 heteroatoms. The van der Waals surface area contributed by atoms with Crippen LogP contribution in [0.3, 0.4) is 0 Å². The Labute approximate surface area is 238 Å². The Morgan fingerprint density at radius 3 is 2.05 bits per heavy atom. The zero-order valence-corrected chi connectivity index (χ0v) is 23.3. The van der Waals surface area contributed by atoms with Gasteiger partial charge in [0.15, 0.2) is 0 Å². The van der Waals surface area contributed by atoms with Crippen LogP contribution in [0.15, 0.2) is 139 Å². The Balaban J connectivity index is 2.37. The first-order valence-electron chi connectivity index (χ1n) is 13.6. The van der Waals surface area contributed by atoms with Crippen molar-refractivity contribution in [3.63, 3.8) is 0 Å². The van der Waals surface area contributed by atoms with E-state index >= 15 is 0 Å². The van der Waals surface area contributed by atoms with Gasteiger partial charge >= 0.3 is 11.9 Å². The van der Waals surface area contributed by atoms with Gasteiger partial charge in [0, 0.05) is 11.8 Å². The molecule has 1 aliphatic rings. The van der Waals surface area contributed by atoms with Gasteiger partial charge in [-0.1, -0.05) is 140 Å². The number of carboxylic acids is 2. The van der Waals surface area contributed by atoms with Crippen LogP contribution in [-0.2, 0) is 9.59 Å². The highest BCUT2D eigenvalue weighted by Crippen LogP contribution is 2.41. The molecule has 0 amide bonds.